The first-order valence-corrected chi connectivity index (χ1v) is 6.31. The van der Waals surface area contributed by atoms with Gasteiger partial charge in [-0.25, -0.2) is 4.79 Å². The van der Waals surface area contributed by atoms with Crippen LogP contribution in [0, 0.1) is 0 Å². The molecule has 1 aliphatic rings. The summed E-state index contributed by atoms with van der Waals surface area (Å²) in [7, 11) is 0. The number of hydrogen-bond donors (Lipinski definition) is 1. The van der Waals surface area contributed by atoms with Crippen LogP contribution >= 0.6 is 0 Å². The molecule has 5 heteroatoms. The zero-order valence-electron chi connectivity index (χ0n) is 10.7. The number of carbonyl (C=O) groups excluding carboxylic acids is 1. The number of aryl methyl sites for hydroxylation is 1. The maximum absolute atomic E-state index is 12.0. The molecule has 0 saturated carbocycles. The minimum atomic E-state index is -1.06. The number of carboxylic acids is 1. The third-order valence-electron chi connectivity index (χ3n) is 3.16. The molecule has 1 heterocycles. The molecule has 0 bridgehead atoms. The molecule has 1 N–H and O–H groups in total. The lowest BCUT2D eigenvalue weighted by Crippen LogP contribution is -2.34. The van der Waals surface area contributed by atoms with E-state index < -0.39 is 12.6 Å². The summed E-state index contributed by atoms with van der Waals surface area (Å²) in [5, 5.41) is 8.46. The van der Waals surface area contributed by atoms with Gasteiger partial charge in [0, 0.05) is 13.1 Å². The summed E-state index contributed by atoms with van der Waals surface area (Å²) in [4.78, 5) is 24.0. The summed E-state index contributed by atoms with van der Waals surface area (Å²) in [6, 6.07) is 8.09. The molecular weight excluding hydrogens is 246 g/mol. The van der Waals surface area contributed by atoms with Crippen LogP contribution in [0.3, 0.4) is 0 Å². The maximum atomic E-state index is 12.0. The van der Waals surface area contributed by atoms with E-state index in [1.165, 1.54) is 5.56 Å². The lowest BCUT2D eigenvalue weighted by Gasteiger charge is -2.20. The average Bonchev–Trinajstić information content (AvgIpc) is 2.60. The van der Waals surface area contributed by atoms with Gasteiger partial charge >= 0.3 is 5.97 Å². The highest BCUT2D eigenvalue weighted by atomic mass is 16.5. The fourth-order valence-corrected chi connectivity index (χ4v) is 2.23. The summed E-state index contributed by atoms with van der Waals surface area (Å²) < 4.78 is 4.85. The van der Waals surface area contributed by atoms with Crippen molar-refractivity contribution in [3.05, 3.63) is 35.4 Å². The summed E-state index contributed by atoms with van der Waals surface area (Å²) in [6.45, 7) is 0.653. The minimum absolute atomic E-state index is 0.155. The molecule has 0 aromatic heterocycles. The highest BCUT2D eigenvalue weighted by Crippen LogP contribution is 2.18. The number of rotatable bonds is 4. The topological polar surface area (TPSA) is 66.8 Å². The first kappa shape index (κ1) is 13.5. The average molecular weight is 263 g/mol. The van der Waals surface area contributed by atoms with E-state index in [0.717, 1.165) is 18.4 Å². The van der Waals surface area contributed by atoms with Crippen molar-refractivity contribution in [3.8, 4) is 0 Å². The fourth-order valence-electron chi connectivity index (χ4n) is 2.23. The van der Waals surface area contributed by atoms with Gasteiger partial charge in [0.25, 0.3) is 0 Å². The predicted molar refractivity (Wildman–Crippen MR) is 68.6 cm³/mol. The Labute approximate surface area is 111 Å². The Bertz CT molecular complexity index is 472. The molecule has 0 saturated heterocycles. The number of nitrogens with zero attached hydrogens (tertiary/aromatic N) is 1. The number of benzene rings is 1. The standard InChI is InChI=1S/C14H17NO4/c16-13(9-19-10-14(17)18)15-7-3-6-11-4-1-2-5-12(11)8-15/h1-2,4-5H,3,6-10H2,(H,17,18). The van der Waals surface area contributed by atoms with Crippen LogP contribution in [0.4, 0.5) is 0 Å². The van der Waals surface area contributed by atoms with E-state index >= 15 is 0 Å². The van der Waals surface area contributed by atoms with Crippen LogP contribution < -0.4 is 0 Å². The predicted octanol–water partition coefficient (Wildman–Crippen LogP) is 1.06. The molecule has 1 aromatic carbocycles. The van der Waals surface area contributed by atoms with Crippen molar-refractivity contribution in [2.45, 2.75) is 19.4 Å². The molecule has 0 unspecified atom stereocenters. The number of carbonyl (C=O) groups is 2. The highest BCUT2D eigenvalue weighted by molar-refractivity contribution is 5.78. The molecule has 0 atom stereocenters. The second-order valence-electron chi connectivity index (χ2n) is 4.57. The van der Waals surface area contributed by atoms with Crippen molar-refractivity contribution in [2.75, 3.05) is 19.8 Å². The molecule has 0 radical (unpaired) electrons. The first-order chi connectivity index (χ1) is 9.16. The van der Waals surface area contributed by atoms with E-state index in [0.29, 0.717) is 13.1 Å². The number of fused-ring (bicyclic) bond motifs is 1. The van der Waals surface area contributed by atoms with E-state index in [1.807, 2.05) is 18.2 Å². The molecule has 1 amide bonds. The molecule has 19 heavy (non-hydrogen) atoms. The van der Waals surface area contributed by atoms with E-state index in [9.17, 15) is 9.59 Å². The van der Waals surface area contributed by atoms with Crippen LogP contribution in [0.25, 0.3) is 0 Å². The summed E-state index contributed by atoms with van der Waals surface area (Å²) >= 11 is 0. The van der Waals surface area contributed by atoms with Gasteiger partial charge in [0.1, 0.15) is 13.2 Å². The number of ether oxygens (including phenoxy) is 1. The Balaban J connectivity index is 1.94. The zero-order chi connectivity index (χ0) is 13.7. The van der Waals surface area contributed by atoms with Gasteiger partial charge in [0.05, 0.1) is 0 Å². The van der Waals surface area contributed by atoms with E-state index in [2.05, 4.69) is 6.07 Å². The molecule has 0 fully saturated rings. The number of aliphatic carboxylic acids is 1. The summed E-state index contributed by atoms with van der Waals surface area (Å²) in [5.74, 6) is -1.22. The second-order valence-corrected chi connectivity index (χ2v) is 4.57. The van der Waals surface area contributed by atoms with Gasteiger partial charge in [0.15, 0.2) is 0 Å². The Kier molecular flexibility index (Phi) is 4.52. The summed E-state index contributed by atoms with van der Waals surface area (Å²) in [6.07, 6.45) is 1.89. The number of amides is 1. The van der Waals surface area contributed by atoms with Crippen LogP contribution in [-0.4, -0.2) is 41.6 Å². The largest absolute Gasteiger partial charge is 0.480 e. The van der Waals surface area contributed by atoms with Crippen LogP contribution in [0.2, 0.25) is 0 Å². The van der Waals surface area contributed by atoms with Gasteiger partial charge in [0.2, 0.25) is 5.91 Å². The van der Waals surface area contributed by atoms with Crippen molar-refractivity contribution >= 4 is 11.9 Å². The van der Waals surface area contributed by atoms with Gasteiger partial charge in [-0.15, -0.1) is 0 Å². The second kappa shape index (κ2) is 6.33. The molecular formula is C14H17NO4. The molecule has 2 rings (SSSR count). The molecule has 5 nitrogen and oxygen atoms in total. The normalized spacial score (nSPS) is 14.6. The molecule has 0 aliphatic carbocycles. The van der Waals surface area contributed by atoms with E-state index in [1.54, 1.807) is 4.90 Å². The lowest BCUT2D eigenvalue weighted by molar-refractivity contribution is -0.146. The zero-order valence-corrected chi connectivity index (χ0v) is 10.7. The third kappa shape index (κ3) is 3.79. The smallest absolute Gasteiger partial charge is 0.329 e. The molecule has 1 aromatic rings. The van der Waals surface area contributed by atoms with Crippen LogP contribution in [0.5, 0.6) is 0 Å². The Morgan fingerprint density at radius 1 is 1.21 bits per heavy atom. The van der Waals surface area contributed by atoms with Crippen molar-refractivity contribution in [2.24, 2.45) is 0 Å². The minimum Gasteiger partial charge on any atom is -0.480 e. The van der Waals surface area contributed by atoms with Crippen molar-refractivity contribution < 1.29 is 19.4 Å². The summed E-state index contributed by atoms with van der Waals surface area (Å²) in [5.41, 5.74) is 2.44. The third-order valence-corrected chi connectivity index (χ3v) is 3.16. The van der Waals surface area contributed by atoms with Crippen molar-refractivity contribution in [1.82, 2.24) is 4.90 Å². The van der Waals surface area contributed by atoms with Crippen LogP contribution in [-0.2, 0) is 27.3 Å². The van der Waals surface area contributed by atoms with Crippen molar-refractivity contribution in [3.63, 3.8) is 0 Å². The van der Waals surface area contributed by atoms with Crippen molar-refractivity contribution in [1.29, 1.82) is 0 Å². The Morgan fingerprint density at radius 3 is 2.68 bits per heavy atom. The monoisotopic (exact) mass is 263 g/mol. The van der Waals surface area contributed by atoms with E-state index in [4.69, 9.17) is 9.84 Å². The van der Waals surface area contributed by atoms with Gasteiger partial charge in [-0.05, 0) is 24.0 Å². The SMILES string of the molecule is O=C(O)COCC(=O)N1CCCc2ccccc2C1. The van der Waals surface area contributed by atoms with Gasteiger partial charge in [-0.1, -0.05) is 24.3 Å². The highest BCUT2D eigenvalue weighted by Gasteiger charge is 2.18. The molecule has 0 spiro atoms. The fraction of sp³-hybridized carbons (Fsp3) is 0.429. The van der Waals surface area contributed by atoms with Gasteiger partial charge in [-0.2, -0.15) is 0 Å². The van der Waals surface area contributed by atoms with Crippen LogP contribution in [0.1, 0.15) is 17.5 Å². The quantitative estimate of drug-likeness (QED) is 0.882. The van der Waals surface area contributed by atoms with Crippen LogP contribution in [0.15, 0.2) is 24.3 Å². The Morgan fingerprint density at radius 2 is 1.95 bits per heavy atom. The van der Waals surface area contributed by atoms with Gasteiger partial charge in [-0.3, -0.25) is 4.79 Å². The van der Waals surface area contributed by atoms with Gasteiger partial charge < -0.3 is 14.7 Å². The molecule has 1 aliphatic heterocycles. The maximum Gasteiger partial charge on any atom is 0.329 e. The molecule has 102 valence electrons. The van der Waals surface area contributed by atoms with E-state index in [-0.39, 0.29) is 12.5 Å². The first-order valence-electron chi connectivity index (χ1n) is 6.31. The Hall–Kier alpha value is -1.88. The number of carboxylic acid groups (broad SMARTS) is 1. The number of hydrogen-bond acceptors (Lipinski definition) is 3. The lowest BCUT2D eigenvalue weighted by atomic mass is 10.0.